The van der Waals surface area contributed by atoms with Gasteiger partial charge in [0.05, 0.1) is 11.0 Å². The molecule has 0 spiro atoms. The highest BCUT2D eigenvalue weighted by Gasteiger charge is 2.18. The number of imidazole rings is 1. The van der Waals surface area contributed by atoms with Gasteiger partial charge in [0, 0.05) is 4.47 Å². The lowest BCUT2D eigenvalue weighted by molar-refractivity contribution is -0.136. The van der Waals surface area contributed by atoms with Crippen LogP contribution in [-0.4, -0.2) is 26.3 Å². The van der Waals surface area contributed by atoms with E-state index in [0.29, 0.717) is 11.6 Å². The molecule has 0 unspecified atom stereocenters. The largest absolute Gasteiger partial charge is 0.480 e. The quantitative estimate of drug-likeness (QED) is 0.850. The van der Waals surface area contributed by atoms with Crippen LogP contribution in [0.25, 0.3) is 11.0 Å². The van der Waals surface area contributed by atoms with E-state index in [0.717, 1.165) is 15.5 Å². The number of hydrogen-bond acceptors (Lipinski definition) is 3. The topological polar surface area (TPSA) is 66.0 Å². The average molecular weight is 315 g/mol. The van der Waals surface area contributed by atoms with Crippen molar-refractivity contribution in [1.82, 2.24) is 9.97 Å². The Kier molecular flexibility index (Phi) is 3.73. The molecule has 0 amide bonds. The Morgan fingerprint density at radius 1 is 1.65 bits per heavy atom. The van der Waals surface area contributed by atoms with Gasteiger partial charge in [0.25, 0.3) is 0 Å². The number of rotatable bonds is 4. The van der Waals surface area contributed by atoms with Crippen LogP contribution in [0.15, 0.2) is 27.8 Å². The van der Waals surface area contributed by atoms with E-state index in [1.54, 1.807) is 0 Å². The van der Waals surface area contributed by atoms with E-state index in [2.05, 4.69) is 25.9 Å². The van der Waals surface area contributed by atoms with Gasteiger partial charge in [0.1, 0.15) is 5.25 Å². The van der Waals surface area contributed by atoms with Crippen LogP contribution in [0.5, 0.6) is 0 Å². The second-order valence-electron chi connectivity index (χ2n) is 3.56. The maximum absolute atomic E-state index is 10.9. The maximum Gasteiger partial charge on any atom is 0.317 e. The molecule has 0 aliphatic rings. The fourth-order valence-corrected chi connectivity index (χ4v) is 2.68. The second-order valence-corrected chi connectivity index (χ2v) is 5.66. The molecular formula is C11H11BrN2O2S. The minimum atomic E-state index is -0.806. The molecule has 0 fully saturated rings. The van der Waals surface area contributed by atoms with Gasteiger partial charge in [-0.15, -0.1) is 0 Å². The van der Waals surface area contributed by atoms with E-state index in [4.69, 9.17) is 5.11 Å². The third-order valence-corrected chi connectivity index (χ3v) is 4.05. The van der Waals surface area contributed by atoms with E-state index >= 15 is 0 Å². The van der Waals surface area contributed by atoms with Crippen LogP contribution in [0.3, 0.4) is 0 Å². The molecule has 0 saturated carbocycles. The lowest BCUT2D eigenvalue weighted by Crippen LogP contribution is -2.14. The van der Waals surface area contributed by atoms with Crippen LogP contribution in [0.4, 0.5) is 0 Å². The number of carbonyl (C=O) groups is 1. The fraction of sp³-hybridized carbons (Fsp3) is 0.273. The fourth-order valence-electron chi connectivity index (χ4n) is 1.46. The van der Waals surface area contributed by atoms with Gasteiger partial charge in [-0.3, -0.25) is 4.79 Å². The van der Waals surface area contributed by atoms with Gasteiger partial charge in [-0.25, -0.2) is 4.98 Å². The minimum absolute atomic E-state index is 0.459. The molecule has 0 saturated heterocycles. The molecule has 0 aliphatic heterocycles. The first kappa shape index (κ1) is 12.4. The molecule has 0 bridgehead atoms. The van der Waals surface area contributed by atoms with E-state index in [9.17, 15) is 4.79 Å². The molecule has 4 nitrogen and oxygen atoms in total. The first-order valence-corrected chi connectivity index (χ1v) is 6.82. The number of thioether (sulfide) groups is 1. The van der Waals surface area contributed by atoms with Crippen molar-refractivity contribution in [3.8, 4) is 0 Å². The zero-order chi connectivity index (χ0) is 12.4. The SMILES string of the molecule is CC[C@@H](Sc1nc2ccc(Br)cc2[nH]1)C(=O)O. The molecule has 6 heteroatoms. The molecule has 1 aromatic carbocycles. The van der Waals surface area contributed by atoms with E-state index in [-0.39, 0.29) is 0 Å². The number of halogens is 1. The Balaban J connectivity index is 2.27. The van der Waals surface area contributed by atoms with Crippen molar-refractivity contribution < 1.29 is 9.90 Å². The number of aromatic amines is 1. The number of nitrogens with one attached hydrogen (secondary N) is 1. The van der Waals surface area contributed by atoms with Gasteiger partial charge in [-0.05, 0) is 24.6 Å². The molecule has 1 atom stereocenters. The number of aliphatic carboxylic acids is 1. The van der Waals surface area contributed by atoms with Gasteiger partial charge in [0.15, 0.2) is 5.16 Å². The summed E-state index contributed by atoms with van der Waals surface area (Å²) in [6.07, 6.45) is 0.570. The number of carboxylic acids is 1. The number of nitrogens with zero attached hydrogens (tertiary/aromatic N) is 1. The van der Waals surface area contributed by atoms with Gasteiger partial charge in [-0.1, -0.05) is 34.6 Å². The summed E-state index contributed by atoms with van der Waals surface area (Å²) in [6.45, 7) is 1.85. The number of benzene rings is 1. The molecule has 1 heterocycles. The molecule has 2 rings (SSSR count). The highest BCUT2D eigenvalue weighted by Crippen LogP contribution is 2.26. The van der Waals surface area contributed by atoms with Crippen molar-refractivity contribution in [2.75, 3.05) is 0 Å². The average Bonchev–Trinajstić information content (AvgIpc) is 2.66. The van der Waals surface area contributed by atoms with E-state index in [1.807, 2.05) is 25.1 Å². The molecule has 0 radical (unpaired) electrons. The Labute approximate surface area is 111 Å². The molecular weight excluding hydrogens is 304 g/mol. The summed E-state index contributed by atoms with van der Waals surface area (Å²) in [5.41, 5.74) is 1.75. The number of H-pyrrole nitrogens is 1. The van der Waals surface area contributed by atoms with Gasteiger partial charge in [0.2, 0.25) is 0 Å². The molecule has 17 heavy (non-hydrogen) atoms. The van der Waals surface area contributed by atoms with Crippen molar-refractivity contribution >= 4 is 44.7 Å². The van der Waals surface area contributed by atoms with Crippen LogP contribution < -0.4 is 0 Å². The van der Waals surface area contributed by atoms with Crippen LogP contribution in [-0.2, 0) is 4.79 Å². The summed E-state index contributed by atoms with van der Waals surface area (Å²) in [4.78, 5) is 18.4. The number of aromatic nitrogens is 2. The highest BCUT2D eigenvalue weighted by molar-refractivity contribution is 9.10. The Morgan fingerprint density at radius 3 is 3.06 bits per heavy atom. The highest BCUT2D eigenvalue weighted by atomic mass is 79.9. The van der Waals surface area contributed by atoms with Crippen LogP contribution >= 0.6 is 27.7 Å². The number of carboxylic acid groups (broad SMARTS) is 1. The molecule has 1 aromatic heterocycles. The van der Waals surface area contributed by atoms with Crippen molar-refractivity contribution in [3.05, 3.63) is 22.7 Å². The van der Waals surface area contributed by atoms with Crippen molar-refractivity contribution in [1.29, 1.82) is 0 Å². The Morgan fingerprint density at radius 2 is 2.41 bits per heavy atom. The third-order valence-electron chi connectivity index (χ3n) is 2.32. The summed E-state index contributed by atoms with van der Waals surface area (Å²) < 4.78 is 0.968. The molecule has 2 N–H and O–H groups in total. The summed E-state index contributed by atoms with van der Waals surface area (Å²) >= 11 is 4.63. The first-order valence-electron chi connectivity index (χ1n) is 5.15. The number of fused-ring (bicyclic) bond motifs is 1. The molecule has 2 aromatic rings. The lowest BCUT2D eigenvalue weighted by Gasteiger charge is -2.05. The Bertz CT molecular complexity index is 555. The summed E-state index contributed by atoms with van der Waals surface area (Å²) in [5, 5.41) is 9.17. The smallest absolute Gasteiger partial charge is 0.317 e. The zero-order valence-corrected chi connectivity index (χ0v) is 11.5. The summed E-state index contributed by atoms with van der Waals surface area (Å²) in [6, 6.07) is 5.72. The van der Waals surface area contributed by atoms with Crippen molar-refractivity contribution in [2.45, 2.75) is 23.8 Å². The summed E-state index contributed by atoms with van der Waals surface area (Å²) in [7, 11) is 0. The maximum atomic E-state index is 10.9. The van der Waals surface area contributed by atoms with Crippen LogP contribution in [0.2, 0.25) is 0 Å². The minimum Gasteiger partial charge on any atom is -0.480 e. The molecule has 90 valence electrons. The van der Waals surface area contributed by atoms with Crippen LogP contribution in [0.1, 0.15) is 13.3 Å². The predicted octanol–water partition coefficient (Wildman–Crippen LogP) is 3.28. The second kappa shape index (κ2) is 5.10. The standard InChI is InChI=1S/C11H11BrN2O2S/c1-2-9(10(15)16)17-11-13-7-4-3-6(12)5-8(7)14-11/h3-5,9H,2H2,1H3,(H,13,14)(H,15,16)/t9-/m1/s1. The lowest BCUT2D eigenvalue weighted by atomic mass is 10.3. The number of hydrogen-bond donors (Lipinski definition) is 2. The summed E-state index contributed by atoms with van der Waals surface area (Å²) in [5.74, 6) is -0.806. The normalized spacial score (nSPS) is 12.8. The zero-order valence-electron chi connectivity index (χ0n) is 9.11. The Hall–Kier alpha value is -1.01. The van der Waals surface area contributed by atoms with Crippen molar-refractivity contribution in [3.63, 3.8) is 0 Å². The third kappa shape index (κ3) is 2.81. The first-order chi connectivity index (χ1) is 8.10. The van der Waals surface area contributed by atoms with Gasteiger partial charge >= 0.3 is 5.97 Å². The van der Waals surface area contributed by atoms with Gasteiger partial charge in [-0.2, -0.15) is 0 Å². The van der Waals surface area contributed by atoms with Crippen LogP contribution in [0, 0.1) is 0 Å². The van der Waals surface area contributed by atoms with E-state index in [1.165, 1.54) is 11.8 Å². The predicted molar refractivity (Wildman–Crippen MR) is 71.4 cm³/mol. The molecule has 0 aliphatic carbocycles. The van der Waals surface area contributed by atoms with Crippen molar-refractivity contribution in [2.24, 2.45) is 0 Å². The van der Waals surface area contributed by atoms with Gasteiger partial charge < -0.3 is 10.1 Å². The van der Waals surface area contributed by atoms with E-state index < -0.39 is 11.2 Å². The monoisotopic (exact) mass is 314 g/mol.